The first-order valence-corrected chi connectivity index (χ1v) is 9.36. The Morgan fingerprint density at radius 3 is 2.14 bits per heavy atom. The first-order valence-electron chi connectivity index (χ1n) is 9.36. The summed E-state index contributed by atoms with van der Waals surface area (Å²) in [4.78, 5) is 16.4. The third kappa shape index (κ3) is 5.94. The van der Waals surface area contributed by atoms with Crippen LogP contribution in [0.3, 0.4) is 0 Å². The number of nitrogens with one attached hydrogen (secondary N) is 1. The summed E-state index contributed by atoms with van der Waals surface area (Å²) < 4.78 is 37.9. The topological polar surface area (TPSA) is 59.4 Å². The molecule has 1 aromatic carbocycles. The van der Waals surface area contributed by atoms with E-state index in [9.17, 15) is 23.2 Å². The average molecular weight is 396 g/mol. The van der Waals surface area contributed by atoms with E-state index in [1.165, 1.54) is 12.1 Å². The number of piperazine rings is 1. The van der Waals surface area contributed by atoms with E-state index in [1.54, 1.807) is 6.92 Å². The molecule has 1 aliphatic rings. The lowest BCUT2D eigenvalue weighted by Gasteiger charge is -2.35. The minimum Gasteiger partial charge on any atom is -0.337 e. The Morgan fingerprint density at radius 1 is 1.14 bits per heavy atom. The van der Waals surface area contributed by atoms with Crippen LogP contribution in [0.4, 0.5) is 13.2 Å². The highest BCUT2D eigenvalue weighted by atomic mass is 19.4. The van der Waals surface area contributed by atoms with Gasteiger partial charge in [0.15, 0.2) is 0 Å². The highest BCUT2D eigenvalue weighted by Gasteiger charge is 2.31. The van der Waals surface area contributed by atoms with Gasteiger partial charge in [0.05, 0.1) is 18.2 Å². The second kappa shape index (κ2) is 8.93. The monoisotopic (exact) mass is 396 g/mol. The molecule has 1 fully saturated rings. The summed E-state index contributed by atoms with van der Waals surface area (Å²) >= 11 is 0. The van der Waals surface area contributed by atoms with Crippen LogP contribution in [0.1, 0.15) is 31.9 Å². The summed E-state index contributed by atoms with van der Waals surface area (Å²) in [6.07, 6.45) is -4.32. The van der Waals surface area contributed by atoms with Crippen molar-refractivity contribution in [2.45, 2.75) is 39.0 Å². The van der Waals surface area contributed by atoms with E-state index in [0.29, 0.717) is 19.6 Å². The van der Waals surface area contributed by atoms with Crippen molar-refractivity contribution >= 4 is 5.91 Å². The van der Waals surface area contributed by atoms with Crippen LogP contribution in [0.25, 0.3) is 0 Å². The predicted molar refractivity (Wildman–Crippen MR) is 100 cm³/mol. The van der Waals surface area contributed by atoms with Gasteiger partial charge in [-0.05, 0) is 30.5 Å². The first kappa shape index (κ1) is 22.2. The molecule has 1 aromatic rings. The van der Waals surface area contributed by atoms with E-state index in [-0.39, 0.29) is 18.4 Å². The fourth-order valence-corrected chi connectivity index (χ4v) is 3.00. The molecule has 1 saturated heterocycles. The maximum absolute atomic E-state index is 12.6. The summed E-state index contributed by atoms with van der Waals surface area (Å²) in [5.41, 5.74) is -0.694. The quantitative estimate of drug-likeness (QED) is 0.803. The smallest absolute Gasteiger partial charge is 0.337 e. The molecule has 1 unspecified atom stereocenters. The Labute approximate surface area is 164 Å². The number of halogens is 3. The molecular formula is C20H27F3N4O. The molecule has 2 rings (SSSR count). The fourth-order valence-electron chi connectivity index (χ4n) is 3.00. The lowest BCUT2D eigenvalue weighted by atomic mass is 9.90. The molecule has 1 aliphatic heterocycles. The van der Waals surface area contributed by atoms with Crippen LogP contribution in [-0.4, -0.2) is 54.0 Å². The molecule has 0 spiro atoms. The Hall–Kier alpha value is -2.11. The van der Waals surface area contributed by atoms with Crippen LogP contribution in [0.15, 0.2) is 24.3 Å². The van der Waals surface area contributed by atoms with Crippen LogP contribution in [0.2, 0.25) is 0 Å². The molecule has 1 amide bonds. The second-order valence-corrected chi connectivity index (χ2v) is 7.76. The number of amides is 1. The summed E-state index contributed by atoms with van der Waals surface area (Å²) in [6.45, 7) is 9.17. The van der Waals surface area contributed by atoms with Crippen molar-refractivity contribution in [3.05, 3.63) is 35.4 Å². The Balaban J connectivity index is 1.80. The van der Waals surface area contributed by atoms with Crippen molar-refractivity contribution in [2.75, 3.05) is 32.7 Å². The number of alkyl halides is 3. The summed E-state index contributed by atoms with van der Waals surface area (Å²) in [6, 6.07) is 7.40. The summed E-state index contributed by atoms with van der Waals surface area (Å²) in [5, 5.41) is 12.1. The van der Waals surface area contributed by atoms with Crippen molar-refractivity contribution in [2.24, 2.45) is 5.92 Å². The number of nitriles is 1. The Bertz CT molecular complexity index is 704. The molecule has 154 valence electrons. The van der Waals surface area contributed by atoms with Gasteiger partial charge in [-0.25, -0.2) is 0 Å². The number of carbonyl (C=O) groups is 1. The lowest BCUT2D eigenvalue weighted by molar-refractivity contribution is -0.137. The summed E-state index contributed by atoms with van der Waals surface area (Å²) in [7, 11) is 0. The van der Waals surface area contributed by atoms with Gasteiger partial charge in [0.1, 0.15) is 5.54 Å². The molecular weight excluding hydrogens is 369 g/mol. The van der Waals surface area contributed by atoms with E-state index < -0.39 is 17.3 Å². The van der Waals surface area contributed by atoms with E-state index in [1.807, 2.05) is 18.7 Å². The van der Waals surface area contributed by atoms with Gasteiger partial charge in [-0.2, -0.15) is 18.4 Å². The zero-order valence-electron chi connectivity index (χ0n) is 16.5. The fraction of sp³-hybridized carbons (Fsp3) is 0.600. The van der Waals surface area contributed by atoms with Gasteiger partial charge in [-0.1, -0.05) is 26.0 Å². The molecule has 0 aliphatic carbocycles. The van der Waals surface area contributed by atoms with E-state index in [4.69, 9.17) is 0 Å². The predicted octanol–water partition coefficient (Wildman–Crippen LogP) is 2.88. The standard InChI is InChI=1S/C20H27F3N4O/c1-15(2)19(3,14-24)25-18(28)13-27-10-8-26(9-11-27)12-16-4-6-17(7-5-16)20(21,22)23/h4-7,15H,8-13H2,1-3H3,(H,25,28). The third-order valence-corrected chi connectivity index (χ3v) is 5.31. The summed E-state index contributed by atoms with van der Waals surface area (Å²) in [5.74, 6) is -0.170. The van der Waals surface area contributed by atoms with Crippen LogP contribution < -0.4 is 5.32 Å². The molecule has 1 N–H and O–H groups in total. The van der Waals surface area contributed by atoms with Gasteiger partial charge in [0, 0.05) is 32.7 Å². The molecule has 0 aromatic heterocycles. The van der Waals surface area contributed by atoms with Crippen LogP contribution >= 0.6 is 0 Å². The number of rotatable bonds is 6. The van der Waals surface area contributed by atoms with E-state index >= 15 is 0 Å². The van der Waals surface area contributed by atoms with Crippen molar-refractivity contribution < 1.29 is 18.0 Å². The van der Waals surface area contributed by atoms with E-state index in [2.05, 4.69) is 16.3 Å². The minimum absolute atomic E-state index is 0.00188. The molecule has 0 radical (unpaired) electrons. The molecule has 1 atom stereocenters. The number of nitrogens with zero attached hydrogens (tertiary/aromatic N) is 3. The molecule has 1 heterocycles. The third-order valence-electron chi connectivity index (χ3n) is 5.31. The molecule has 0 saturated carbocycles. The Morgan fingerprint density at radius 2 is 1.68 bits per heavy atom. The van der Waals surface area contributed by atoms with Gasteiger partial charge < -0.3 is 5.32 Å². The van der Waals surface area contributed by atoms with Gasteiger partial charge in [-0.15, -0.1) is 0 Å². The second-order valence-electron chi connectivity index (χ2n) is 7.76. The van der Waals surface area contributed by atoms with Crippen molar-refractivity contribution in [1.29, 1.82) is 5.26 Å². The lowest BCUT2D eigenvalue weighted by Crippen LogP contribution is -2.54. The molecule has 0 bridgehead atoms. The van der Waals surface area contributed by atoms with Gasteiger partial charge in [0.2, 0.25) is 5.91 Å². The number of hydrogen-bond acceptors (Lipinski definition) is 4. The average Bonchev–Trinajstić information content (AvgIpc) is 2.62. The molecule has 5 nitrogen and oxygen atoms in total. The van der Waals surface area contributed by atoms with Crippen molar-refractivity contribution in [1.82, 2.24) is 15.1 Å². The van der Waals surface area contributed by atoms with E-state index in [0.717, 1.165) is 30.8 Å². The first-order chi connectivity index (χ1) is 13.0. The zero-order chi connectivity index (χ0) is 20.9. The maximum Gasteiger partial charge on any atom is 0.416 e. The Kier molecular flexibility index (Phi) is 7.07. The SMILES string of the molecule is CC(C)C(C)(C#N)NC(=O)CN1CCN(Cc2ccc(C(F)(F)F)cc2)CC1. The largest absolute Gasteiger partial charge is 0.416 e. The van der Waals surface area contributed by atoms with Gasteiger partial charge in [-0.3, -0.25) is 14.6 Å². The number of benzene rings is 1. The van der Waals surface area contributed by atoms with Gasteiger partial charge in [0.25, 0.3) is 0 Å². The van der Waals surface area contributed by atoms with Crippen LogP contribution in [-0.2, 0) is 17.5 Å². The number of carbonyl (C=O) groups excluding carboxylic acids is 1. The number of hydrogen-bond donors (Lipinski definition) is 1. The van der Waals surface area contributed by atoms with Crippen LogP contribution in [0, 0.1) is 17.2 Å². The molecule has 8 heteroatoms. The van der Waals surface area contributed by atoms with Gasteiger partial charge >= 0.3 is 6.18 Å². The highest BCUT2D eigenvalue weighted by Crippen LogP contribution is 2.29. The normalized spacial score (nSPS) is 18.5. The zero-order valence-corrected chi connectivity index (χ0v) is 16.5. The van der Waals surface area contributed by atoms with Crippen molar-refractivity contribution in [3.63, 3.8) is 0 Å². The minimum atomic E-state index is -4.32. The maximum atomic E-state index is 12.6. The van der Waals surface area contributed by atoms with Crippen molar-refractivity contribution in [3.8, 4) is 6.07 Å². The molecule has 28 heavy (non-hydrogen) atoms. The highest BCUT2D eigenvalue weighted by molar-refractivity contribution is 5.79. The van der Waals surface area contributed by atoms with Crippen LogP contribution in [0.5, 0.6) is 0 Å².